The lowest BCUT2D eigenvalue weighted by molar-refractivity contribution is -0.385. The maximum absolute atomic E-state index is 10.7. The van der Waals surface area contributed by atoms with Gasteiger partial charge in [0.1, 0.15) is 0 Å². The molecule has 1 aromatic rings. The Hall–Kier alpha value is -1.50. The summed E-state index contributed by atoms with van der Waals surface area (Å²) in [6.07, 6.45) is 0. The first-order valence-corrected chi connectivity index (χ1v) is 6.10. The van der Waals surface area contributed by atoms with Gasteiger partial charge >= 0.3 is 0 Å². The smallest absolute Gasteiger partial charge is 0.269 e. The molecule has 1 aliphatic rings. The molecular weight excluding hydrogens is 248 g/mol. The lowest BCUT2D eigenvalue weighted by Crippen LogP contribution is -2.53. The third-order valence-corrected chi connectivity index (χ3v) is 3.12. The van der Waals surface area contributed by atoms with Crippen LogP contribution in [0.4, 0.5) is 5.69 Å². The number of benzene rings is 1. The Bertz CT molecular complexity index is 460. The molecular formula is C13H18N2O4. The molecule has 1 aromatic carbocycles. The fraction of sp³-hybridized carbons (Fsp3) is 0.538. The van der Waals surface area contributed by atoms with E-state index in [1.54, 1.807) is 19.2 Å². The number of nitrogens with zero attached hydrogens (tertiary/aromatic N) is 1. The molecule has 6 heteroatoms. The summed E-state index contributed by atoms with van der Waals surface area (Å²) < 4.78 is 11.6. The van der Waals surface area contributed by atoms with Crippen molar-refractivity contribution in [3.05, 3.63) is 39.9 Å². The molecule has 2 rings (SSSR count). The van der Waals surface area contributed by atoms with Gasteiger partial charge in [-0.15, -0.1) is 0 Å². The first kappa shape index (κ1) is 13.9. The number of nitrogens with one attached hydrogen (secondary N) is 1. The standard InChI is InChI=1S/C13H18N2O4/c1-12(2)8-18-13(14-3,19-9-12)10-4-6-11(7-5-10)15(16)17/h4-7,14H,8-9H2,1-3H3. The maximum atomic E-state index is 10.7. The summed E-state index contributed by atoms with van der Waals surface area (Å²) in [5, 5.41) is 13.7. The van der Waals surface area contributed by atoms with Crippen molar-refractivity contribution in [2.75, 3.05) is 20.3 Å². The monoisotopic (exact) mass is 266 g/mol. The van der Waals surface area contributed by atoms with Gasteiger partial charge in [0.05, 0.1) is 18.1 Å². The van der Waals surface area contributed by atoms with Crippen molar-refractivity contribution in [1.29, 1.82) is 0 Å². The summed E-state index contributed by atoms with van der Waals surface area (Å²) in [5.41, 5.74) is 0.725. The summed E-state index contributed by atoms with van der Waals surface area (Å²) in [5.74, 6) is -1.02. The van der Waals surface area contributed by atoms with Crippen LogP contribution in [0.15, 0.2) is 24.3 Å². The molecule has 0 unspecified atom stereocenters. The number of hydrogen-bond donors (Lipinski definition) is 1. The van der Waals surface area contributed by atoms with Gasteiger partial charge in [0.2, 0.25) is 0 Å². The van der Waals surface area contributed by atoms with E-state index in [1.807, 2.05) is 0 Å². The van der Waals surface area contributed by atoms with Crippen LogP contribution in [-0.4, -0.2) is 25.2 Å². The van der Waals surface area contributed by atoms with Gasteiger partial charge in [-0.05, 0) is 19.2 Å². The van der Waals surface area contributed by atoms with Crippen molar-refractivity contribution >= 4 is 5.69 Å². The van der Waals surface area contributed by atoms with E-state index in [0.29, 0.717) is 13.2 Å². The second-order valence-electron chi connectivity index (χ2n) is 5.41. The third-order valence-electron chi connectivity index (χ3n) is 3.12. The molecule has 0 bridgehead atoms. The van der Waals surface area contributed by atoms with E-state index in [4.69, 9.17) is 9.47 Å². The van der Waals surface area contributed by atoms with Crippen LogP contribution in [0, 0.1) is 15.5 Å². The van der Waals surface area contributed by atoms with E-state index in [0.717, 1.165) is 5.56 Å². The highest BCUT2D eigenvalue weighted by Crippen LogP contribution is 2.34. The fourth-order valence-electron chi connectivity index (χ4n) is 1.94. The molecule has 0 radical (unpaired) electrons. The lowest BCUT2D eigenvalue weighted by Gasteiger charge is -2.43. The summed E-state index contributed by atoms with van der Waals surface area (Å²) in [4.78, 5) is 10.2. The van der Waals surface area contributed by atoms with Crippen LogP contribution in [0.3, 0.4) is 0 Å². The lowest BCUT2D eigenvalue weighted by atomic mass is 9.94. The Balaban J connectivity index is 2.25. The van der Waals surface area contributed by atoms with Crippen LogP contribution in [0.5, 0.6) is 0 Å². The van der Waals surface area contributed by atoms with E-state index in [1.165, 1.54) is 12.1 Å². The minimum Gasteiger partial charge on any atom is -0.333 e. The van der Waals surface area contributed by atoms with Gasteiger partial charge in [0, 0.05) is 23.1 Å². The van der Waals surface area contributed by atoms with Crippen LogP contribution >= 0.6 is 0 Å². The van der Waals surface area contributed by atoms with E-state index < -0.39 is 10.8 Å². The minimum atomic E-state index is -1.02. The molecule has 6 nitrogen and oxygen atoms in total. The zero-order valence-corrected chi connectivity index (χ0v) is 11.3. The van der Waals surface area contributed by atoms with Gasteiger partial charge in [-0.1, -0.05) is 13.8 Å². The van der Waals surface area contributed by atoms with Crippen LogP contribution < -0.4 is 5.32 Å². The van der Waals surface area contributed by atoms with Crippen LogP contribution in [0.1, 0.15) is 19.4 Å². The number of ether oxygens (including phenoxy) is 2. The molecule has 0 saturated carbocycles. The highest BCUT2D eigenvalue weighted by atomic mass is 16.7. The largest absolute Gasteiger partial charge is 0.333 e. The highest BCUT2D eigenvalue weighted by Gasteiger charge is 2.41. The first-order valence-electron chi connectivity index (χ1n) is 6.10. The number of non-ortho nitro benzene ring substituents is 1. The molecule has 19 heavy (non-hydrogen) atoms. The van der Waals surface area contributed by atoms with Crippen molar-refractivity contribution in [1.82, 2.24) is 5.32 Å². The molecule has 0 amide bonds. The summed E-state index contributed by atoms with van der Waals surface area (Å²) >= 11 is 0. The number of hydrogen-bond acceptors (Lipinski definition) is 5. The summed E-state index contributed by atoms with van der Waals surface area (Å²) in [6, 6.07) is 6.18. The fourth-order valence-corrected chi connectivity index (χ4v) is 1.94. The molecule has 0 spiro atoms. The van der Waals surface area contributed by atoms with Gasteiger partial charge in [0.15, 0.2) is 0 Å². The van der Waals surface area contributed by atoms with Crippen molar-refractivity contribution < 1.29 is 14.4 Å². The van der Waals surface area contributed by atoms with Crippen LogP contribution in [-0.2, 0) is 15.4 Å². The van der Waals surface area contributed by atoms with E-state index in [9.17, 15) is 10.1 Å². The predicted molar refractivity (Wildman–Crippen MR) is 69.5 cm³/mol. The Kier molecular flexibility index (Phi) is 3.58. The van der Waals surface area contributed by atoms with Crippen molar-refractivity contribution in [2.24, 2.45) is 5.41 Å². The average Bonchev–Trinajstić information content (AvgIpc) is 2.40. The SMILES string of the molecule is CNC1(c2ccc([N+](=O)[O-])cc2)OCC(C)(C)CO1. The highest BCUT2D eigenvalue weighted by molar-refractivity contribution is 5.34. The van der Waals surface area contributed by atoms with Gasteiger partial charge in [-0.2, -0.15) is 0 Å². The first-order chi connectivity index (χ1) is 8.88. The zero-order valence-electron chi connectivity index (χ0n) is 11.3. The molecule has 1 N–H and O–H groups in total. The molecule has 0 aliphatic carbocycles. The Labute approximate surface area is 111 Å². The molecule has 0 atom stereocenters. The van der Waals surface area contributed by atoms with Crippen molar-refractivity contribution in [2.45, 2.75) is 19.8 Å². The topological polar surface area (TPSA) is 73.6 Å². The third kappa shape index (κ3) is 2.75. The number of nitro groups is 1. The molecule has 104 valence electrons. The molecule has 1 saturated heterocycles. The second-order valence-corrected chi connectivity index (χ2v) is 5.41. The van der Waals surface area contributed by atoms with Gasteiger partial charge in [0.25, 0.3) is 11.6 Å². The van der Waals surface area contributed by atoms with Crippen molar-refractivity contribution in [3.8, 4) is 0 Å². The van der Waals surface area contributed by atoms with Gasteiger partial charge in [-0.3, -0.25) is 15.4 Å². The van der Waals surface area contributed by atoms with Crippen LogP contribution in [0.25, 0.3) is 0 Å². The Morgan fingerprint density at radius 1 is 1.21 bits per heavy atom. The second kappa shape index (κ2) is 4.88. The summed E-state index contributed by atoms with van der Waals surface area (Å²) in [6.45, 7) is 5.21. The molecule has 1 aliphatic heterocycles. The average molecular weight is 266 g/mol. The quantitative estimate of drug-likeness (QED) is 0.669. The van der Waals surface area contributed by atoms with Gasteiger partial charge < -0.3 is 9.47 Å². The Morgan fingerprint density at radius 3 is 2.16 bits per heavy atom. The Morgan fingerprint density at radius 2 is 1.74 bits per heavy atom. The minimum absolute atomic E-state index is 0.0405. The van der Waals surface area contributed by atoms with Crippen molar-refractivity contribution in [3.63, 3.8) is 0 Å². The maximum Gasteiger partial charge on any atom is 0.269 e. The van der Waals surface area contributed by atoms with Crippen LogP contribution in [0.2, 0.25) is 0 Å². The normalized spacial score (nSPS) is 21.0. The predicted octanol–water partition coefficient (Wildman–Crippen LogP) is 2.00. The van der Waals surface area contributed by atoms with E-state index in [2.05, 4.69) is 19.2 Å². The molecule has 0 aromatic heterocycles. The zero-order chi connectivity index (χ0) is 14.1. The van der Waals surface area contributed by atoms with E-state index >= 15 is 0 Å². The molecule has 1 heterocycles. The van der Waals surface area contributed by atoms with Gasteiger partial charge in [-0.25, -0.2) is 0 Å². The number of rotatable bonds is 3. The molecule has 1 fully saturated rings. The summed E-state index contributed by atoms with van der Waals surface area (Å²) in [7, 11) is 1.74. The number of nitro benzene ring substituents is 1. The van der Waals surface area contributed by atoms with E-state index in [-0.39, 0.29) is 11.1 Å².